The molecule has 0 spiro atoms. The SMILES string of the molecule is CN=C1C=C(OC)C(NC(=O)c2cccc(C(F)(F)F)n2)=C/C1=C/CC1CC(C(C)(C)O)C1. The molecule has 1 amide bonds. The zero-order valence-electron chi connectivity index (χ0n) is 19.0. The number of allylic oxidation sites excluding steroid dienone is 4. The number of aromatic nitrogens is 1. The van der Waals surface area contributed by atoms with Gasteiger partial charge in [0.15, 0.2) is 0 Å². The van der Waals surface area contributed by atoms with Gasteiger partial charge in [0.25, 0.3) is 5.91 Å². The Balaban J connectivity index is 1.78. The van der Waals surface area contributed by atoms with E-state index in [9.17, 15) is 23.1 Å². The monoisotopic (exact) mass is 463 g/mol. The summed E-state index contributed by atoms with van der Waals surface area (Å²) in [6.45, 7) is 3.65. The summed E-state index contributed by atoms with van der Waals surface area (Å²) >= 11 is 0. The second kappa shape index (κ2) is 9.51. The molecule has 1 heterocycles. The Bertz CT molecular complexity index is 1030. The van der Waals surface area contributed by atoms with Gasteiger partial charge < -0.3 is 15.2 Å². The number of rotatable bonds is 6. The molecule has 1 saturated carbocycles. The lowest BCUT2D eigenvalue weighted by Crippen LogP contribution is -2.40. The number of pyridine rings is 1. The van der Waals surface area contributed by atoms with Gasteiger partial charge in [0, 0.05) is 13.1 Å². The van der Waals surface area contributed by atoms with E-state index in [1.807, 2.05) is 19.9 Å². The summed E-state index contributed by atoms with van der Waals surface area (Å²) in [4.78, 5) is 20.3. The van der Waals surface area contributed by atoms with E-state index in [4.69, 9.17) is 4.74 Å². The van der Waals surface area contributed by atoms with Gasteiger partial charge in [-0.1, -0.05) is 12.1 Å². The topological polar surface area (TPSA) is 83.8 Å². The van der Waals surface area contributed by atoms with Crippen LogP contribution in [0, 0.1) is 11.8 Å². The van der Waals surface area contributed by atoms with Crippen molar-refractivity contribution in [2.45, 2.75) is 44.9 Å². The standard InChI is InChI=1S/C24H28F3N3O3/c1-23(2,32)16-10-14(11-16)8-9-15-12-19(20(33-4)13-18(15)28-3)30-22(31)17-6-5-7-21(29-17)24(25,26)27/h5-7,9,12-14,16,32H,8,10-11H2,1-4H3,(H,30,31)/b15-9-,28-18?. The van der Waals surface area contributed by atoms with Crippen molar-refractivity contribution < 1.29 is 27.8 Å². The number of nitrogens with one attached hydrogen (secondary N) is 1. The number of aliphatic hydroxyl groups is 1. The van der Waals surface area contributed by atoms with Gasteiger partial charge in [-0.05, 0) is 68.7 Å². The summed E-state index contributed by atoms with van der Waals surface area (Å²) in [6.07, 6.45) is 3.38. The third-order valence-electron chi connectivity index (χ3n) is 6.02. The smallest absolute Gasteiger partial charge is 0.433 e. The molecule has 0 aliphatic heterocycles. The molecule has 3 rings (SSSR count). The highest BCUT2D eigenvalue weighted by Gasteiger charge is 2.38. The van der Waals surface area contributed by atoms with Crippen LogP contribution in [0.3, 0.4) is 0 Å². The molecular weight excluding hydrogens is 435 g/mol. The van der Waals surface area contributed by atoms with Crippen molar-refractivity contribution in [1.82, 2.24) is 10.3 Å². The van der Waals surface area contributed by atoms with E-state index >= 15 is 0 Å². The van der Waals surface area contributed by atoms with E-state index in [0.29, 0.717) is 23.1 Å². The number of aliphatic imine (C=N–C) groups is 1. The van der Waals surface area contributed by atoms with Gasteiger partial charge in [-0.15, -0.1) is 0 Å². The molecule has 0 radical (unpaired) electrons. The first kappa shape index (κ1) is 24.7. The molecule has 0 saturated heterocycles. The van der Waals surface area contributed by atoms with Crippen LogP contribution >= 0.6 is 0 Å². The fraction of sp³-hybridized carbons (Fsp3) is 0.458. The van der Waals surface area contributed by atoms with Crippen LogP contribution in [0.15, 0.2) is 58.4 Å². The first-order valence-corrected chi connectivity index (χ1v) is 10.7. The molecule has 2 aliphatic rings. The zero-order chi connectivity index (χ0) is 24.4. The predicted octanol–water partition coefficient (Wildman–Crippen LogP) is 4.44. The van der Waals surface area contributed by atoms with Crippen molar-refractivity contribution in [2.75, 3.05) is 14.2 Å². The van der Waals surface area contributed by atoms with Crippen LogP contribution in [0.2, 0.25) is 0 Å². The highest BCUT2D eigenvalue weighted by Crippen LogP contribution is 2.43. The Hall–Kier alpha value is -2.94. The molecule has 0 bridgehead atoms. The number of amides is 1. The van der Waals surface area contributed by atoms with E-state index in [2.05, 4.69) is 15.3 Å². The molecule has 6 nitrogen and oxygen atoms in total. The molecule has 178 valence electrons. The summed E-state index contributed by atoms with van der Waals surface area (Å²) in [5, 5.41) is 12.7. The summed E-state index contributed by atoms with van der Waals surface area (Å²) < 4.78 is 44.2. The maximum Gasteiger partial charge on any atom is 0.433 e. The fourth-order valence-electron chi connectivity index (χ4n) is 3.91. The van der Waals surface area contributed by atoms with Crippen molar-refractivity contribution >= 4 is 11.6 Å². The number of halogens is 3. The quantitative estimate of drug-likeness (QED) is 0.653. The Morgan fingerprint density at radius 3 is 2.58 bits per heavy atom. The molecule has 0 aromatic carbocycles. The van der Waals surface area contributed by atoms with Gasteiger partial charge >= 0.3 is 6.18 Å². The number of hydrogen-bond donors (Lipinski definition) is 2. The first-order chi connectivity index (χ1) is 15.4. The van der Waals surface area contributed by atoms with Gasteiger partial charge in [0.1, 0.15) is 17.1 Å². The molecule has 1 fully saturated rings. The van der Waals surface area contributed by atoms with Crippen LogP contribution < -0.4 is 5.32 Å². The van der Waals surface area contributed by atoms with Gasteiger partial charge in [-0.25, -0.2) is 4.98 Å². The normalized spacial score (nSPS) is 23.6. The number of carbonyl (C=O) groups excluding carboxylic acids is 1. The summed E-state index contributed by atoms with van der Waals surface area (Å²) in [6, 6.07) is 3.17. The van der Waals surface area contributed by atoms with E-state index in [-0.39, 0.29) is 11.6 Å². The van der Waals surface area contributed by atoms with Gasteiger partial charge in [0.2, 0.25) is 0 Å². The fourth-order valence-corrected chi connectivity index (χ4v) is 3.91. The molecule has 2 N–H and O–H groups in total. The third kappa shape index (κ3) is 5.90. The summed E-state index contributed by atoms with van der Waals surface area (Å²) in [5.41, 5.74) is -0.425. The molecule has 0 atom stereocenters. The molecule has 1 aromatic rings. The Labute approximate surface area is 191 Å². The van der Waals surface area contributed by atoms with Gasteiger partial charge in [-0.3, -0.25) is 9.79 Å². The Morgan fingerprint density at radius 1 is 1.30 bits per heavy atom. The molecule has 1 aromatic heterocycles. The Kier molecular flexibility index (Phi) is 7.11. The number of hydrogen-bond acceptors (Lipinski definition) is 5. The minimum Gasteiger partial charge on any atom is -0.494 e. The van der Waals surface area contributed by atoms with E-state index in [0.717, 1.165) is 37.0 Å². The lowest BCUT2D eigenvalue weighted by atomic mass is 9.66. The second-order valence-electron chi connectivity index (χ2n) is 8.82. The van der Waals surface area contributed by atoms with Crippen molar-refractivity contribution in [2.24, 2.45) is 16.8 Å². The highest BCUT2D eigenvalue weighted by atomic mass is 19.4. The van der Waals surface area contributed by atoms with Crippen molar-refractivity contribution in [3.8, 4) is 0 Å². The maximum atomic E-state index is 12.9. The number of alkyl halides is 3. The highest BCUT2D eigenvalue weighted by molar-refractivity contribution is 6.12. The van der Waals surface area contributed by atoms with Crippen LogP contribution in [0.5, 0.6) is 0 Å². The van der Waals surface area contributed by atoms with Crippen LogP contribution in [0.4, 0.5) is 13.2 Å². The molecular formula is C24H28F3N3O3. The lowest BCUT2D eigenvalue weighted by Gasteiger charge is -2.42. The Morgan fingerprint density at radius 2 is 2.00 bits per heavy atom. The van der Waals surface area contributed by atoms with Crippen LogP contribution in [0.1, 0.15) is 49.3 Å². The van der Waals surface area contributed by atoms with Crippen molar-refractivity contribution in [3.05, 3.63) is 64.8 Å². The third-order valence-corrected chi connectivity index (χ3v) is 6.02. The molecule has 0 unspecified atom stereocenters. The number of nitrogens with zero attached hydrogens (tertiary/aromatic N) is 2. The number of ether oxygens (including phenoxy) is 1. The average Bonchev–Trinajstić information content (AvgIpc) is 2.71. The average molecular weight is 464 g/mol. The van der Waals surface area contributed by atoms with Gasteiger partial charge in [-0.2, -0.15) is 13.2 Å². The minimum absolute atomic E-state index is 0.275. The maximum absolute atomic E-state index is 12.9. The van der Waals surface area contributed by atoms with Crippen LogP contribution in [-0.4, -0.2) is 41.5 Å². The lowest BCUT2D eigenvalue weighted by molar-refractivity contribution is -0.141. The number of carbonyl (C=O) groups is 1. The largest absolute Gasteiger partial charge is 0.494 e. The molecule has 33 heavy (non-hydrogen) atoms. The van der Waals surface area contributed by atoms with Crippen LogP contribution in [-0.2, 0) is 10.9 Å². The van der Waals surface area contributed by atoms with Gasteiger partial charge in [0.05, 0.1) is 24.1 Å². The van der Waals surface area contributed by atoms with E-state index in [1.54, 1.807) is 19.2 Å². The first-order valence-electron chi connectivity index (χ1n) is 10.7. The van der Waals surface area contributed by atoms with Crippen LogP contribution in [0.25, 0.3) is 0 Å². The van der Waals surface area contributed by atoms with E-state index < -0.39 is 23.4 Å². The van der Waals surface area contributed by atoms with E-state index in [1.165, 1.54) is 13.2 Å². The zero-order valence-corrected chi connectivity index (χ0v) is 19.0. The molecule has 2 aliphatic carbocycles. The molecule has 9 heteroatoms. The van der Waals surface area contributed by atoms with Crippen molar-refractivity contribution in [3.63, 3.8) is 0 Å². The number of methoxy groups -OCH3 is 1. The minimum atomic E-state index is -4.65. The summed E-state index contributed by atoms with van der Waals surface area (Å²) in [5.74, 6) is 0.273. The second-order valence-corrected chi connectivity index (χ2v) is 8.82. The predicted molar refractivity (Wildman–Crippen MR) is 118 cm³/mol. The van der Waals surface area contributed by atoms with Crippen molar-refractivity contribution in [1.29, 1.82) is 0 Å². The summed E-state index contributed by atoms with van der Waals surface area (Å²) in [7, 11) is 3.08.